The van der Waals surface area contributed by atoms with Crippen LogP contribution < -0.4 is 0 Å². The first-order valence-corrected chi connectivity index (χ1v) is 4.48. The largest absolute Gasteiger partial charge is 0.380 e. The third-order valence-corrected chi connectivity index (χ3v) is 2.22. The molecule has 0 aliphatic rings. The highest BCUT2D eigenvalue weighted by Gasteiger charge is 2.16. The summed E-state index contributed by atoms with van der Waals surface area (Å²) in [6.07, 6.45) is 5.37. The van der Waals surface area contributed by atoms with Crippen molar-refractivity contribution in [2.24, 2.45) is 0 Å². The molecule has 13 heavy (non-hydrogen) atoms. The van der Waals surface area contributed by atoms with E-state index in [0.29, 0.717) is 0 Å². The van der Waals surface area contributed by atoms with Crippen molar-refractivity contribution in [1.82, 2.24) is 0 Å². The zero-order chi connectivity index (χ0) is 9.68. The van der Waals surface area contributed by atoms with Gasteiger partial charge in [-0.2, -0.15) is 0 Å². The molecule has 0 heterocycles. The van der Waals surface area contributed by atoms with E-state index in [-0.39, 0.29) is 5.92 Å². The fourth-order valence-electron chi connectivity index (χ4n) is 1.46. The minimum atomic E-state index is -0.674. The summed E-state index contributed by atoms with van der Waals surface area (Å²) in [5.41, 5.74) is 1.11. The second-order valence-corrected chi connectivity index (χ2v) is 3.04. The van der Waals surface area contributed by atoms with E-state index < -0.39 is 6.10 Å². The molecule has 0 fully saturated rings. The molecule has 0 spiro atoms. The summed E-state index contributed by atoms with van der Waals surface area (Å²) in [5.74, 6) is 2.43. The fraction of sp³-hybridized carbons (Fsp3) is 0.333. The summed E-state index contributed by atoms with van der Waals surface area (Å²) >= 11 is 0. The highest BCUT2D eigenvalue weighted by atomic mass is 16.3. The van der Waals surface area contributed by atoms with Crippen LogP contribution in [0.1, 0.15) is 24.8 Å². The quantitative estimate of drug-likeness (QED) is 0.696. The van der Waals surface area contributed by atoms with Crippen LogP contribution in [0.15, 0.2) is 30.3 Å². The number of aliphatic hydroxyl groups is 1. The molecule has 1 N–H and O–H groups in total. The molecule has 0 saturated carbocycles. The molecule has 1 aromatic carbocycles. The molecule has 1 aromatic rings. The van der Waals surface area contributed by atoms with Gasteiger partial charge in [-0.15, -0.1) is 6.42 Å². The Morgan fingerprint density at radius 3 is 2.46 bits per heavy atom. The molecule has 0 radical (unpaired) electrons. The summed E-state index contributed by atoms with van der Waals surface area (Å²) in [6, 6.07) is 9.87. The summed E-state index contributed by atoms with van der Waals surface area (Å²) in [6.45, 7) is 2.03. The molecule has 1 nitrogen and oxygen atoms in total. The van der Waals surface area contributed by atoms with Crippen LogP contribution >= 0.6 is 0 Å². The van der Waals surface area contributed by atoms with Gasteiger partial charge in [0.1, 0.15) is 6.10 Å². The monoisotopic (exact) mass is 174 g/mol. The average Bonchev–Trinajstić information content (AvgIpc) is 2.20. The Labute approximate surface area is 79.4 Å². The van der Waals surface area contributed by atoms with Crippen molar-refractivity contribution in [3.05, 3.63) is 35.9 Å². The van der Waals surface area contributed by atoms with Gasteiger partial charge in [-0.25, -0.2) is 0 Å². The van der Waals surface area contributed by atoms with Gasteiger partial charge < -0.3 is 5.11 Å². The summed E-state index contributed by atoms with van der Waals surface area (Å²) in [5, 5.41) is 9.54. The number of hydrogen-bond acceptors (Lipinski definition) is 1. The number of aliphatic hydroxyl groups excluding tert-OH is 1. The van der Waals surface area contributed by atoms with Gasteiger partial charge in [0, 0.05) is 5.92 Å². The molecular weight excluding hydrogens is 160 g/mol. The first-order valence-electron chi connectivity index (χ1n) is 4.48. The van der Waals surface area contributed by atoms with E-state index >= 15 is 0 Å². The van der Waals surface area contributed by atoms with Gasteiger partial charge in [-0.1, -0.05) is 43.2 Å². The first-order chi connectivity index (χ1) is 6.29. The maximum Gasteiger partial charge on any atom is 0.121 e. The lowest BCUT2D eigenvalue weighted by Gasteiger charge is -2.17. The minimum Gasteiger partial charge on any atom is -0.380 e. The Kier molecular flexibility index (Phi) is 3.54. The Bertz CT molecular complexity index is 284. The van der Waals surface area contributed by atoms with E-state index in [2.05, 4.69) is 5.92 Å². The summed E-state index contributed by atoms with van der Waals surface area (Å²) in [4.78, 5) is 0. The van der Waals surface area contributed by atoms with Gasteiger partial charge in [0.2, 0.25) is 0 Å². The van der Waals surface area contributed by atoms with Crippen molar-refractivity contribution in [1.29, 1.82) is 0 Å². The topological polar surface area (TPSA) is 20.2 Å². The van der Waals surface area contributed by atoms with Crippen LogP contribution in [0.5, 0.6) is 0 Å². The Morgan fingerprint density at radius 1 is 1.38 bits per heavy atom. The standard InChI is InChI=1S/C12H14O/c1-3-11(12(13)4-2)10-8-6-5-7-9-10/h2,5-9,11-13H,3H2,1H3. The van der Waals surface area contributed by atoms with E-state index in [9.17, 15) is 5.11 Å². The van der Waals surface area contributed by atoms with Crippen LogP contribution in [-0.4, -0.2) is 11.2 Å². The van der Waals surface area contributed by atoms with Crippen molar-refractivity contribution >= 4 is 0 Å². The molecule has 0 aliphatic heterocycles. The van der Waals surface area contributed by atoms with Gasteiger partial charge in [0.05, 0.1) is 0 Å². The number of benzene rings is 1. The Morgan fingerprint density at radius 2 is 2.00 bits per heavy atom. The van der Waals surface area contributed by atoms with Crippen molar-refractivity contribution in [3.63, 3.8) is 0 Å². The number of rotatable bonds is 3. The van der Waals surface area contributed by atoms with E-state index in [1.54, 1.807) is 0 Å². The maximum absolute atomic E-state index is 9.54. The van der Waals surface area contributed by atoms with Crippen LogP contribution in [0.2, 0.25) is 0 Å². The number of hydrogen-bond donors (Lipinski definition) is 1. The molecule has 68 valence electrons. The van der Waals surface area contributed by atoms with Crippen LogP contribution in [0.3, 0.4) is 0 Å². The fourth-order valence-corrected chi connectivity index (χ4v) is 1.46. The van der Waals surface area contributed by atoms with E-state index in [0.717, 1.165) is 12.0 Å². The van der Waals surface area contributed by atoms with Gasteiger partial charge in [0.25, 0.3) is 0 Å². The average molecular weight is 174 g/mol. The summed E-state index contributed by atoms with van der Waals surface area (Å²) < 4.78 is 0. The van der Waals surface area contributed by atoms with E-state index in [4.69, 9.17) is 6.42 Å². The predicted octanol–water partition coefficient (Wildman–Crippen LogP) is 2.17. The molecule has 2 unspecified atom stereocenters. The molecule has 0 aliphatic carbocycles. The zero-order valence-electron chi connectivity index (χ0n) is 7.77. The van der Waals surface area contributed by atoms with E-state index in [1.165, 1.54) is 0 Å². The third-order valence-electron chi connectivity index (χ3n) is 2.22. The number of terminal acetylenes is 1. The van der Waals surface area contributed by atoms with Crippen LogP contribution in [0.25, 0.3) is 0 Å². The lowest BCUT2D eigenvalue weighted by molar-refractivity contribution is 0.196. The molecule has 0 amide bonds. The van der Waals surface area contributed by atoms with E-state index in [1.807, 2.05) is 37.3 Å². The zero-order valence-corrected chi connectivity index (χ0v) is 7.77. The van der Waals surface area contributed by atoms with Crippen molar-refractivity contribution in [2.75, 3.05) is 0 Å². The Balaban J connectivity index is 2.86. The minimum absolute atomic E-state index is 0.0613. The van der Waals surface area contributed by atoms with Gasteiger partial charge >= 0.3 is 0 Å². The van der Waals surface area contributed by atoms with Crippen molar-refractivity contribution in [2.45, 2.75) is 25.4 Å². The predicted molar refractivity (Wildman–Crippen MR) is 54.3 cm³/mol. The Hall–Kier alpha value is -1.26. The summed E-state index contributed by atoms with van der Waals surface area (Å²) in [7, 11) is 0. The SMILES string of the molecule is C#CC(O)C(CC)c1ccccc1. The lowest BCUT2D eigenvalue weighted by Crippen LogP contribution is -2.15. The lowest BCUT2D eigenvalue weighted by atomic mass is 9.91. The molecule has 0 aromatic heterocycles. The smallest absolute Gasteiger partial charge is 0.121 e. The second-order valence-electron chi connectivity index (χ2n) is 3.04. The van der Waals surface area contributed by atoms with Crippen LogP contribution in [0, 0.1) is 12.3 Å². The van der Waals surface area contributed by atoms with Gasteiger partial charge in [-0.3, -0.25) is 0 Å². The second kappa shape index (κ2) is 4.69. The molecule has 2 atom stereocenters. The van der Waals surface area contributed by atoms with Crippen LogP contribution in [-0.2, 0) is 0 Å². The van der Waals surface area contributed by atoms with Crippen molar-refractivity contribution < 1.29 is 5.11 Å². The molecule has 1 heteroatoms. The first kappa shape index (κ1) is 9.83. The van der Waals surface area contributed by atoms with Crippen molar-refractivity contribution in [3.8, 4) is 12.3 Å². The molecule has 0 saturated heterocycles. The third kappa shape index (κ3) is 2.34. The molecule has 1 rings (SSSR count). The van der Waals surface area contributed by atoms with Gasteiger partial charge in [0.15, 0.2) is 0 Å². The highest BCUT2D eigenvalue weighted by molar-refractivity contribution is 5.23. The molecule has 0 bridgehead atoms. The molecular formula is C12H14O. The normalized spacial score (nSPS) is 14.5. The maximum atomic E-state index is 9.54. The van der Waals surface area contributed by atoms with Crippen LogP contribution in [0.4, 0.5) is 0 Å². The highest BCUT2D eigenvalue weighted by Crippen LogP contribution is 2.22. The van der Waals surface area contributed by atoms with Gasteiger partial charge in [-0.05, 0) is 12.0 Å².